The molecule has 0 amide bonds. The zero-order valence-corrected chi connectivity index (χ0v) is 23.5. The number of hydrogen-bond donors (Lipinski definition) is 1. The van der Waals surface area contributed by atoms with E-state index in [9.17, 15) is 13.2 Å². The molecule has 1 spiro atoms. The highest BCUT2D eigenvalue weighted by Gasteiger charge is 2.46. The van der Waals surface area contributed by atoms with Gasteiger partial charge in [-0.3, -0.25) is 9.36 Å². The van der Waals surface area contributed by atoms with Gasteiger partial charge < -0.3 is 10.2 Å². The van der Waals surface area contributed by atoms with Crippen LogP contribution in [0.25, 0.3) is 11.0 Å². The van der Waals surface area contributed by atoms with Crippen LogP contribution in [-0.4, -0.2) is 53.2 Å². The van der Waals surface area contributed by atoms with Gasteiger partial charge >= 0.3 is 0 Å². The Bertz CT molecular complexity index is 1550. The zero-order valence-electron chi connectivity index (χ0n) is 21.9. The van der Waals surface area contributed by atoms with Gasteiger partial charge in [0.15, 0.2) is 9.84 Å². The van der Waals surface area contributed by atoms with Crippen LogP contribution in [0.2, 0.25) is 5.02 Å². The van der Waals surface area contributed by atoms with Gasteiger partial charge in [-0.1, -0.05) is 24.4 Å². The van der Waals surface area contributed by atoms with Crippen molar-refractivity contribution in [1.29, 1.82) is 0 Å². The molecule has 2 aliphatic carbocycles. The smallest absolute Gasteiger partial charge is 0.271 e. The predicted octanol–water partition coefficient (Wildman–Crippen LogP) is 5.26. The van der Waals surface area contributed by atoms with Crippen LogP contribution in [0.3, 0.4) is 0 Å². The summed E-state index contributed by atoms with van der Waals surface area (Å²) in [5.74, 6) is 0.354. The average molecular weight is 556 g/mol. The Morgan fingerprint density at radius 2 is 1.79 bits per heavy atom. The van der Waals surface area contributed by atoms with Crippen LogP contribution in [-0.2, 0) is 9.84 Å². The van der Waals surface area contributed by atoms with Gasteiger partial charge in [-0.15, -0.1) is 0 Å². The van der Waals surface area contributed by atoms with Gasteiger partial charge in [0.25, 0.3) is 5.56 Å². The van der Waals surface area contributed by atoms with E-state index >= 15 is 0 Å². The Labute approximate surface area is 228 Å². The maximum Gasteiger partial charge on any atom is 0.271 e. The molecule has 0 unspecified atom stereocenters. The summed E-state index contributed by atoms with van der Waals surface area (Å²) in [6.45, 7) is 4.05. The highest BCUT2D eigenvalue weighted by molar-refractivity contribution is 7.92. The van der Waals surface area contributed by atoms with Gasteiger partial charge in [0.1, 0.15) is 10.7 Å². The molecular formula is C28H34ClN5O3S. The SMILES string of the molecule is Cc1cc(S(=O)(=O)C2CCC3(CC2)CN(C)C3)ccc1Nc1ncc2cc(Cl)c(=O)n(C3CCCC3)c2n1. The summed E-state index contributed by atoms with van der Waals surface area (Å²) in [7, 11) is -1.27. The standard InChI is InChI=1S/C28H34ClN5O3S/c1-18-13-22(38(36,37)21-9-11-28(12-10-21)16-33(2)17-28)7-8-24(18)31-27-30-15-19-14-23(29)26(35)34(25(19)32-27)20-5-3-4-6-20/h7-8,13-15,20-21H,3-6,9-12,16-17H2,1-2H3,(H,30,31,32). The molecule has 8 nitrogen and oxygen atoms in total. The van der Waals surface area contributed by atoms with Crippen molar-refractivity contribution < 1.29 is 8.42 Å². The summed E-state index contributed by atoms with van der Waals surface area (Å²) in [6, 6.07) is 6.91. The highest BCUT2D eigenvalue weighted by atomic mass is 35.5. The number of rotatable bonds is 5. The fourth-order valence-electron chi connectivity index (χ4n) is 6.84. The number of benzene rings is 1. The molecule has 1 aliphatic heterocycles. The second kappa shape index (κ2) is 9.61. The first kappa shape index (κ1) is 25.8. The van der Waals surface area contributed by atoms with Crippen molar-refractivity contribution in [3.63, 3.8) is 0 Å². The molecule has 3 fully saturated rings. The van der Waals surface area contributed by atoms with Gasteiger partial charge in [0, 0.05) is 36.4 Å². The Kier molecular flexibility index (Phi) is 6.52. The first-order chi connectivity index (χ1) is 18.1. The molecule has 3 aliphatic rings. The number of nitrogens with one attached hydrogen (secondary N) is 1. The molecule has 1 aromatic carbocycles. The normalized spacial score (nSPS) is 20.7. The lowest BCUT2D eigenvalue weighted by atomic mass is 9.69. The Morgan fingerprint density at radius 1 is 1.08 bits per heavy atom. The van der Waals surface area contributed by atoms with Crippen molar-refractivity contribution in [3.8, 4) is 0 Å². The van der Waals surface area contributed by atoms with E-state index in [1.807, 2.05) is 6.92 Å². The lowest BCUT2D eigenvalue weighted by molar-refractivity contribution is -0.00863. The largest absolute Gasteiger partial charge is 0.324 e. The molecule has 0 bridgehead atoms. The number of nitrogens with zero attached hydrogens (tertiary/aromatic N) is 4. The van der Waals surface area contributed by atoms with Crippen LogP contribution in [0.15, 0.2) is 40.2 Å². The second-order valence-electron chi connectivity index (χ2n) is 11.6. The Hall–Kier alpha value is -2.49. The third-order valence-electron chi connectivity index (χ3n) is 8.83. The van der Waals surface area contributed by atoms with Crippen LogP contribution < -0.4 is 10.9 Å². The van der Waals surface area contributed by atoms with Crippen LogP contribution in [0, 0.1) is 12.3 Å². The van der Waals surface area contributed by atoms with Gasteiger partial charge in [-0.2, -0.15) is 4.98 Å². The van der Waals surface area contributed by atoms with Gasteiger partial charge in [-0.25, -0.2) is 13.4 Å². The summed E-state index contributed by atoms with van der Waals surface area (Å²) in [5.41, 5.74) is 2.20. The summed E-state index contributed by atoms with van der Waals surface area (Å²) < 4.78 is 28.6. The number of halogens is 1. The molecule has 38 heavy (non-hydrogen) atoms. The van der Waals surface area contributed by atoms with Gasteiger partial charge in [0.2, 0.25) is 5.95 Å². The summed E-state index contributed by atoms with van der Waals surface area (Å²) >= 11 is 6.24. The number of likely N-dealkylation sites (tertiary alicyclic amines) is 1. The zero-order chi connectivity index (χ0) is 26.7. The minimum atomic E-state index is -3.40. The molecular weight excluding hydrogens is 522 g/mol. The van der Waals surface area contributed by atoms with E-state index in [1.165, 1.54) is 0 Å². The fraction of sp³-hybridized carbons (Fsp3) is 0.536. The lowest BCUT2D eigenvalue weighted by Crippen LogP contribution is -2.56. The molecule has 3 heterocycles. The van der Waals surface area contributed by atoms with E-state index < -0.39 is 9.84 Å². The van der Waals surface area contributed by atoms with E-state index in [-0.39, 0.29) is 21.9 Å². The monoisotopic (exact) mass is 555 g/mol. The maximum absolute atomic E-state index is 13.5. The predicted molar refractivity (Wildman–Crippen MR) is 150 cm³/mol. The van der Waals surface area contributed by atoms with Crippen LogP contribution in [0.5, 0.6) is 0 Å². The molecule has 1 saturated heterocycles. The van der Waals surface area contributed by atoms with E-state index in [4.69, 9.17) is 16.6 Å². The van der Waals surface area contributed by atoms with Crippen molar-refractivity contribution in [2.75, 3.05) is 25.5 Å². The van der Waals surface area contributed by atoms with Gasteiger partial charge in [0.05, 0.1) is 10.1 Å². The number of hydrogen-bond acceptors (Lipinski definition) is 7. The molecule has 202 valence electrons. The van der Waals surface area contributed by atoms with Gasteiger partial charge in [-0.05, 0) is 87.7 Å². The number of sulfone groups is 1. The first-order valence-electron chi connectivity index (χ1n) is 13.5. The van der Waals surface area contributed by atoms with E-state index in [0.717, 1.165) is 75.7 Å². The minimum Gasteiger partial charge on any atom is -0.324 e. The van der Waals surface area contributed by atoms with E-state index in [1.54, 1.807) is 35.0 Å². The topological polar surface area (TPSA) is 97.2 Å². The van der Waals surface area contributed by atoms with E-state index in [0.29, 0.717) is 27.3 Å². The maximum atomic E-state index is 13.5. The van der Waals surface area contributed by atoms with Crippen molar-refractivity contribution in [3.05, 3.63) is 51.4 Å². The van der Waals surface area contributed by atoms with Crippen molar-refractivity contribution in [2.45, 2.75) is 74.5 Å². The van der Waals surface area contributed by atoms with Crippen LogP contribution in [0.4, 0.5) is 11.6 Å². The highest BCUT2D eigenvalue weighted by Crippen LogP contribution is 2.45. The number of fused-ring (bicyclic) bond motifs is 1. The molecule has 1 N–H and O–H groups in total. The molecule has 3 aromatic rings. The molecule has 6 rings (SSSR count). The molecule has 10 heteroatoms. The Balaban J connectivity index is 1.24. The number of aryl methyl sites for hydroxylation is 1. The number of anilines is 2. The summed E-state index contributed by atoms with van der Waals surface area (Å²) in [6.07, 6.45) is 9.10. The summed E-state index contributed by atoms with van der Waals surface area (Å²) in [4.78, 5) is 24.7. The fourth-order valence-corrected chi connectivity index (χ4v) is 8.89. The van der Waals surface area contributed by atoms with Crippen LogP contribution in [0.1, 0.15) is 63.0 Å². The quantitative estimate of drug-likeness (QED) is 0.458. The van der Waals surface area contributed by atoms with E-state index in [2.05, 4.69) is 22.2 Å². The third-order valence-corrected chi connectivity index (χ3v) is 11.4. The molecule has 0 radical (unpaired) electrons. The number of aromatic nitrogens is 3. The number of pyridine rings is 1. The first-order valence-corrected chi connectivity index (χ1v) is 15.5. The van der Waals surface area contributed by atoms with Crippen LogP contribution >= 0.6 is 11.6 Å². The van der Waals surface area contributed by atoms with Crippen molar-refractivity contribution >= 4 is 44.1 Å². The molecule has 2 saturated carbocycles. The second-order valence-corrected chi connectivity index (χ2v) is 14.2. The lowest BCUT2D eigenvalue weighted by Gasteiger charge is -2.52. The minimum absolute atomic E-state index is 0.0811. The van der Waals surface area contributed by atoms with Crippen molar-refractivity contribution in [1.82, 2.24) is 19.4 Å². The summed E-state index contributed by atoms with van der Waals surface area (Å²) in [5, 5.41) is 3.81. The third kappa shape index (κ3) is 4.52. The molecule has 0 atom stereocenters. The average Bonchev–Trinajstić information content (AvgIpc) is 3.40. The Morgan fingerprint density at radius 3 is 2.45 bits per heavy atom. The molecule has 2 aromatic heterocycles. The van der Waals surface area contributed by atoms with Crippen molar-refractivity contribution in [2.24, 2.45) is 5.41 Å².